The highest BCUT2D eigenvalue weighted by atomic mass is 32.2. The molecule has 2 aromatic heterocycles. The number of aryl methyl sites for hydroxylation is 2. The highest BCUT2D eigenvalue weighted by molar-refractivity contribution is 8.00. The zero-order chi connectivity index (χ0) is 21.8. The van der Waals surface area contributed by atoms with Gasteiger partial charge in [0.1, 0.15) is 5.76 Å². The fraction of sp³-hybridized carbons (Fsp3) is 0.208. The fourth-order valence-electron chi connectivity index (χ4n) is 3.28. The molecule has 7 heteroatoms. The minimum Gasteiger partial charge on any atom is -0.469 e. The summed E-state index contributed by atoms with van der Waals surface area (Å²) in [5.41, 5.74) is 3.91. The molecular formula is C24H24N4O2S. The minimum atomic E-state index is -0.350. The molecule has 0 bridgehead atoms. The van der Waals surface area contributed by atoms with E-state index in [4.69, 9.17) is 4.42 Å². The molecule has 158 valence electrons. The van der Waals surface area contributed by atoms with Crippen LogP contribution < -0.4 is 5.32 Å². The van der Waals surface area contributed by atoms with E-state index in [0.29, 0.717) is 11.7 Å². The maximum Gasteiger partial charge on any atom is 0.237 e. The molecule has 1 unspecified atom stereocenters. The first-order valence-corrected chi connectivity index (χ1v) is 10.9. The van der Waals surface area contributed by atoms with Crippen molar-refractivity contribution in [3.8, 4) is 11.4 Å². The summed E-state index contributed by atoms with van der Waals surface area (Å²) in [6.45, 7) is 6.38. The zero-order valence-electron chi connectivity index (χ0n) is 17.7. The number of thioether (sulfide) groups is 1. The number of carbonyl (C=O) groups is 1. The number of benzene rings is 2. The number of hydrogen-bond donors (Lipinski definition) is 1. The Morgan fingerprint density at radius 2 is 1.90 bits per heavy atom. The summed E-state index contributed by atoms with van der Waals surface area (Å²) in [4.78, 5) is 12.8. The van der Waals surface area contributed by atoms with E-state index in [1.165, 1.54) is 11.8 Å². The Bertz CT molecular complexity index is 1180. The molecule has 1 N–H and O–H groups in total. The van der Waals surface area contributed by atoms with Crippen LogP contribution in [0.1, 0.15) is 23.8 Å². The van der Waals surface area contributed by atoms with Crippen molar-refractivity contribution in [3.05, 3.63) is 83.8 Å². The van der Waals surface area contributed by atoms with E-state index in [1.807, 2.05) is 73.9 Å². The normalized spacial score (nSPS) is 12.0. The number of aromatic nitrogens is 3. The lowest BCUT2D eigenvalue weighted by atomic mass is 10.2. The quantitative estimate of drug-likeness (QED) is 0.400. The van der Waals surface area contributed by atoms with Gasteiger partial charge < -0.3 is 9.73 Å². The third-order valence-corrected chi connectivity index (χ3v) is 6.02. The second-order valence-electron chi connectivity index (χ2n) is 7.39. The summed E-state index contributed by atoms with van der Waals surface area (Å²) in [6, 6.07) is 19.8. The van der Waals surface area contributed by atoms with Gasteiger partial charge >= 0.3 is 0 Å². The van der Waals surface area contributed by atoms with E-state index in [9.17, 15) is 4.79 Å². The molecule has 4 rings (SSSR count). The predicted octanol–water partition coefficient (Wildman–Crippen LogP) is 5.32. The molecule has 0 aliphatic carbocycles. The summed E-state index contributed by atoms with van der Waals surface area (Å²) in [6.07, 6.45) is 1.65. The van der Waals surface area contributed by atoms with Crippen LogP contribution in [0.3, 0.4) is 0 Å². The summed E-state index contributed by atoms with van der Waals surface area (Å²) >= 11 is 1.39. The van der Waals surface area contributed by atoms with Crippen molar-refractivity contribution in [1.29, 1.82) is 0 Å². The molecule has 2 aromatic carbocycles. The summed E-state index contributed by atoms with van der Waals surface area (Å²) < 4.78 is 7.51. The lowest BCUT2D eigenvalue weighted by molar-refractivity contribution is -0.115. The van der Waals surface area contributed by atoms with E-state index in [0.717, 1.165) is 34.0 Å². The number of rotatable bonds is 7. The van der Waals surface area contributed by atoms with Crippen molar-refractivity contribution in [3.63, 3.8) is 0 Å². The molecule has 31 heavy (non-hydrogen) atoms. The maximum absolute atomic E-state index is 12.8. The molecule has 0 saturated carbocycles. The SMILES string of the molecule is Cc1cccc(NC(=O)C(C)Sc2nnc(-c3ccoc3C)n2Cc2ccccc2)c1. The van der Waals surface area contributed by atoms with Crippen molar-refractivity contribution in [2.75, 3.05) is 5.32 Å². The van der Waals surface area contributed by atoms with Crippen molar-refractivity contribution in [2.24, 2.45) is 0 Å². The van der Waals surface area contributed by atoms with Crippen LogP contribution in [-0.2, 0) is 11.3 Å². The minimum absolute atomic E-state index is 0.0779. The molecule has 2 heterocycles. The van der Waals surface area contributed by atoms with Crippen LogP contribution in [0.5, 0.6) is 0 Å². The highest BCUT2D eigenvalue weighted by Gasteiger charge is 2.22. The Kier molecular flexibility index (Phi) is 6.23. The molecular weight excluding hydrogens is 408 g/mol. The van der Waals surface area contributed by atoms with Gasteiger partial charge in [0.25, 0.3) is 0 Å². The smallest absolute Gasteiger partial charge is 0.237 e. The van der Waals surface area contributed by atoms with Gasteiger partial charge in [-0.3, -0.25) is 9.36 Å². The Labute approximate surface area is 185 Å². The largest absolute Gasteiger partial charge is 0.469 e. The first kappa shape index (κ1) is 20.9. The summed E-state index contributed by atoms with van der Waals surface area (Å²) in [5.74, 6) is 1.43. The average molecular weight is 433 g/mol. The maximum atomic E-state index is 12.8. The first-order chi connectivity index (χ1) is 15.0. The van der Waals surface area contributed by atoms with Crippen LogP contribution >= 0.6 is 11.8 Å². The van der Waals surface area contributed by atoms with E-state index in [-0.39, 0.29) is 11.2 Å². The molecule has 0 saturated heterocycles. The van der Waals surface area contributed by atoms with Gasteiger partial charge in [0.15, 0.2) is 11.0 Å². The van der Waals surface area contributed by atoms with Crippen molar-refractivity contribution in [1.82, 2.24) is 14.8 Å². The van der Waals surface area contributed by atoms with Gasteiger partial charge in [-0.1, -0.05) is 54.2 Å². The number of nitrogens with zero attached hydrogens (tertiary/aromatic N) is 3. The molecule has 0 spiro atoms. The second kappa shape index (κ2) is 9.22. The van der Waals surface area contributed by atoms with Crippen molar-refractivity contribution >= 4 is 23.4 Å². The van der Waals surface area contributed by atoms with Gasteiger partial charge in [0.05, 0.1) is 23.6 Å². The number of carbonyl (C=O) groups excluding carboxylic acids is 1. The van der Waals surface area contributed by atoms with Crippen LogP contribution in [0.15, 0.2) is 76.5 Å². The molecule has 0 fully saturated rings. The molecule has 0 aliphatic rings. The zero-order valence-corrected chi connectivity index (χ0v) is 18.5. The molecule has 6 nitrogen and oxygen atoms in total. The van der Waals surface area contributed by atoms with Crippen LogP contribution in [0.2, 0.25) is 0 Å². The number of hydrogen-bond acceptors (Lipinski definition) is 5. The first-order valence-electron chi connectivity index (χ1n) is 10.1. The molecule has 0 aliphatic heterocycles. The number of nitrogens with one attached hydrogen (secondary N) is 1. The Hall–Kier alpha value is -3.32. The fourth-order valence-corrected chi connectivity index (χ4v) is 4.13. The lowest BCUT2D eigenvalue weighted by Gasteiger charge is -2.14. The van der Waals surface area contributed by atoms with Crippen LogP contribution in [-0.4, -0.2) is 25.9 Å². The van der Waals surface area contributed by atoms with Crippen LogP contribution in [0, 0.1) is 13.8 Å². The predicted molar refractivity (Wildman–Crippen MR) is 123 cm³/mol. The Morgan fingerprint density at radius 3 is 2.61 bits per heavy atom. The Morgan fingerprint density at radius 1 is 1.10 bits per heavy atom. The van der Waals surface area contributed by atoms with E-state index >= 15 is 0 Å². The monoisotopic (exact) mass is 432 g/mol. The number of furan rings is 1. The number of anilines is 1. The van der Waals surface area contributed by atoms with Crippen molar-refractivity contribution in [2.45, 2.75) is 37.7 Å². The third kappa shape index (κ3) is 4.88. The third-order valence-electron chi connectivity index (χ3n) is 4.94. The molecule has 4 aromatic rings. The summed E-state index contributed by atoms with van der Waals surface area (Å²) in [5, 5.41) is 12.2. The van der Waals surface area contributed by atoms with E-state index in [1.54, 1.807) is 6.26 Å². The summed E-state index contributed by atoms with van der Waals surface area (Å²) in [7, 11) is 0. The molecule has 0 radical (unpaired) electrons. The second-order valence-corrected chi connectivity index (χ2v) is 8.70. The highest BCUT2D eigenvalue weighted by Crippen LogP contribution is 2.30. The topological polar surface area (TPSA) is 73.0 Å². The van der Waals surface area contributed by atoms with E-state index in [2.05, 4.69) is 27.6 Å². The van der Waals surface area contributed by atoms with Crippen LogP contribution in [0.25, 0.3) is 11.4 Å². The van der Waals surface area contributed by atoms with Crippen LogP contribution in [0.4, 0.5) is 5.69 Å². The number of amides is 1. The van der Waals surface area contributed by atoms with Gasteiger partial charge in [0, 0.05) is 5.69 Å². The molecule has 1 atom stereocenters. The standard InChI is InChI=1S/C24H24N4O2S/c1-16-8-7-11-20(14-16)25-23(29)18(3)31-24-27-26-22(21-12-13-30-17(21)2)28(24)15-19-9-5-4-6-10-19/h4-14,18H,15H2,1-3H3,(H,25,29). The average Bonchev–Trinajstić information content (AvgIpc) is 3.34. The lowest BCUT2D eigenvalue weighted by Crippen LogP contribution is -2.23. The van der Waals surface area contributed by atoms with Gasteiger partial charge in [-0.25, -0.2) is 0 Å². The Balaban J connectivity index is 1.59. The van der Waals surface area contributed by atoms with Crippen molar-refractivity contribution < 1.29 is 9.21 Å². The molecule has 1 amide bonds. The van der Waals surface area contributed by atoms with Gasteiger partial charge in [-0.05, 0) is 50.1 Å². The van der Waals surface area contributed by atoms with Gasteiger partial charge in [0.2, 0.25) is 5.91 Å². The van der Waals surface area contributed by atoms with Gasteiger partial charge in [-0.2, -0.15) is 0 Å². The van der Waals surface area contributed by atoms with E-state index < -0.39 is 0 Å². The van der Waals surface area contributed by atoms with Gasteiger partial charge in [-0.15, -0.1) is 10.2 Å².